The minimum absolute atomic E-state index is 0. The van der Waals surface area contributed by atoms with Gasteiger partial charge in [-0.25, -0.2) is 0 Å². The molecule has 0 spiro atoms. The summed E-state index contributed by atoms with van der Waals surface area (Å²) in [5.74, 6) is 0. The Balaban J connectivity index is 0.00000162. The van der Waals surface area contributed by atoms with Crippen LogP contribution in [0, 0.1) is 0 Å². The van der Waals surface area contributed by atoms with Gasteiger partial charge in [-0.3, -0.25) is 4.90 Å². The summed E-state index contributed by atoms with van der Waals surface area (Å²) < 4.78 is 0. The summed E-state index contributed by atoms with van der Waals surface area (Å²) >= 11 is 0. The van der Waals surface area contributed by atoms with Crippen LogP contribution >= 0.6 is 12.4 Å². The molecule has 0 amide bonds. The molecule has 100 valence electrons. The van der Waals surface area contributed by atoms with Crippen molar-refractivity contribution >= 4 is 18.5 Å². The maximum absolute atomic E-state index is 3.28. The molecule has 1 aromatic rings. The highest BCUT2D eigenvalue weighted by Crippen LogP contribution is 2.16. The van der Waals surface area contributed by atoms with Crippen LogP contribution < -0.4 is 5.32 Å². The van der Waals surface area contributed by atoms with Gasteiger partial charge in [0.1, 0.15) is 0 Å². The van der Waals surface area contributed by atoms with Crippen molar-refractivity contribution in [3.8, 4) is 0 Å². The van der Waals surface area contributed by atoms with E-state index in [0.29, 0.717) is 0 Å². The van der Waals surface area contributed by atoms with E-state index in [2.05, 4.69) is 52.7 Å². The van der Waals surface area contributed by atoms with Gasteiger partial charge in [0.2, 0.25) is 0 Å². The summed E-state index contributed by atoms with van der Waals surface area (Å²) in [5.41, 5.74) is 1.29. The summed E-state index contributed by atoms with van der Waals surface area (Å²) in [6.45, 7) is 3.42. The van der Waals surface area contributed by atoms with Crippen LogP contribution in [0.5, 0.6) is 0 Å². The van der Waals surface area contributed by atoms with E-state index in [9.17, 15) is 0 Å². The van der Waals surface area contributed by atoms with Gasteiger partial charge in [0.05, 0.1) is 0 Å². The Morgan fingerprint density at radius 1 is 1.33 bits per heavy atom. The Kier molecular flexibility index (Phi) is 7.02. The fourth-order valence-electron chi connectivity index (χ4n) is 2.49. The van der Waals surface area contributed by atoms with Crippen molar-refractivity contribution in [3.05, 3.63) is 42.0 Å². The summed E-state index contributed by atoms with van der Waals surface area (Å²) in [5, 5.41) is 3.28. The van der Waals surface area contributed by atoms with E-state index in [1.54, 1.807) is 0 Å². The standard InChI is InChI=1S/C15H22N2.ClH/c1-16-13-15-10-6-12-17(15)11-5-9-14-7-3-2-4-8-14;/h2-5,7-9,15-16H,6,10-13H2,1H3;1H/b9-5+;. The van der Waals surface area contributed by atoms with Gasteiger partial charge in [0.25, 0.3) is 0 Å². The third-order valence-electron chi connectivity index (χ3n) is 3.39. The van der Waals surface area contributed by atoms with E-state index >= 15 is 0 Å². The van der Waals surface area contributed by atoms with Gasteiger partial charge in [0, 0.05) is 19.1 Å². The van der Waals surface area contributed by atoms with Crippen LogP contribution in [0.2, 0.25) is 0 Å². The van der Waals surface area contributed by atoms with E-state index in [1.165, 1.54) is 24.9 Å². The maximum atomic E-state index is 3.28. The van der Waals surface area contributed by atoms with Gasteiger partial charge < -0.3 is 5.32 Å². The molecule has 1 aromatic carbocycles. The molecule has 1 atom stereocenters. The monoisotopic (exact) mass is 266 g/mol. The van der Waals surface area contributed by atoms with Crippen LogP contribution in [0.4, 0.5) is 0 Å². The zero-order chi connectivity index (χ0) is 11.9. The Hall–Kier alpha value is -0.830. The van der Waals surface area contributed by atoms with Gasteiger partial charge in [-0.2, -0.15) is 0 Å². The summed E-state index contributed by atoms with van der Waals surface area (Å²) in [6, 6.07) is 11.2. The molecule has 1 saturated heterocycles. The molecular formula is C15H23ClN2. The largest absolute Gasteiger partial charge is 0.318 e. The highest BCUT2D eigenvalue weighted by molar-refractivity contribution is 5.85. The van der Waals surface area contributed by atoms with Crippen molar-refractivity contribution in [1.29, 1.82) is 0 Å². The lowest BCUT2D eigenvalue weighted by atomic mass is 10.2. The number of hydrogen-bond acceptors (Lipinski definition) is 2. The lowest BCUT2D eigenvalue weighted by molar-refractivity contribution is 0.277. The van der Waals surface area contributed by atoms with Gasteiger partial charge in [-0.15, -0.1) is 12.4 Å². The summed E-state index contributed by atoms with van der Waals surface area (Å²) in [6.07, 6.45) is 7.17. The number of rotatable bonds is 5. The van der Waals surface area contributed by atoms with Gasteiger partial charge in [-0.05, 0) is 32.0 Å². The zero-order valence-electron chi connectivity index (χ0n) is 11.0. The number of likely N-dealkylation sites (tertiary alicyclic amines) is 1. The first-order valence-corrected chi connectivity index (χ1v) is 6.50. The predicted molar refractivity (Wildman–Crippen MR) is 81.2 cm³/mol. The first-order valence-electron chi connectivity index (χ1n) is 6.50. The Morgan fingerprint density at radius 2 is 2.11 bits per heavy atom. The molecule has 2 nitrogen and oxygen atoms in total. The van der Waals surface area contributed by atoms with Crippen LogP contribution in [0.3, 0.4) is 0 Å². The number of nitrogens with zero attached hydrogens (tertiary/aromatic N) is 1. The molecule has 1 aliphatic heterocycles. The second kappa shape index (κ2) is 8.30. The number of likely N-dealkylation sites (N-methyl/N-ethyl adjacent to an activating group) is 1. The Labute approximate surface area is 116 Å². The van der Waals surface area contributed by atoms with Crippen LogP contribution in [-0.4, -0.2) is 37.6 Å². The van der Waals surface area contributed by atoms with Crippen molar-refractivity contribution in [3.63, 3.8) is 0 Å². The molecule has 1 heterocycles. The van der Waals surface area contributed by atoms with Crippen molar-refractivity contribution < 1.29 is 0 Å². The van der Waals surface area contributed by atoms with Crippen molar-refractivity contribution in [2.75, 3.05) is 26.7 Å². The normalized spacial score (nSPS) is 20.2. The first-order chi connectivity index (χ1) is 8.40. The molecule has 1 N–H and O–H groups in total. The molecule has 2 rings (SSSR count). The van der Waals surface area contributed by atoms with Gasteiger partial charge >= 0.3 is 0 Å². The molecule has 0 aromatic heterocycles. The SMILES string of the molecule is CNCC1CCCN1C/C=C/c1ccccc1.Cl. The average molecular weight is 267 g/mol. The van der Waals surface area contributed by atoms with Crippen LogP contribution in [0.15, 0.2) is 36.4 Å². The van der Waals surface area contributed by atoms with E-state index in [-0.39, 0.29) is 12.4 Å². The third-order valence-corrected chi connectivity index (χ3v) is 3.39. The number of benzene rings is 1. The Bertz CT molecular complexity index is 351. The summed E-state index contributed by atoms with van der Waals surface area (Å²) in [4.78, 5) is 2.57. The molecule has 0 aliphatic carbocycles. The third kappa shape index (κ3) is 4.45. The van der Waals surface area contributed by atoms with E-state index in [4.69, 9.17) is 0 Å². The van der Waals surface area contributed by atoms with Crippen LogP contribution in [0.25, 0.3) is 6.08 Å². The highest BCUT2D eigenvalue weighted by Gasteiger charge is 2.21. The fraction of sp³-hybridized carbons (Fsp3) is 0.467. The molecule has 0 bridgehead atoms. The second-order valence-electron chi connectivity index (χ2n) is 4.66. The summed E-state index contributed by atoms with van der Waals surface area (Å²) in [7, 11) is 2.04. The molecule has 18 heavy (non-hydrogen) atoms. The van der Waals surface area contributed by atoms with Crippen LogP contribution in [0.1, 0.15) is 18.4 Å². The van der Waals surface area contributed by atoms with Crippen molar-refractivity contribution in [2.45, 2.75) is 18.9 Å². The smallest absolute Gasteiger partial charge is 0.0224 e. The van der Waals surface area contributed by atoms with Crippen molar-refractivity contribution in [1.82, 2.24) is 10.2 Å². The van der Waals surface area contributed by atoms with Crippen LogP contribution in [-0.2, 0) is 0 Å². The Morgan fingerprint density at radius 3 is 2.83 bits per heavy atom. The first kappa shape index (κ1) is 15.2. The lowest BCUT2D eigenvalue weighted by Crippen LogP contribution is -2.36. The van der Waals surface area contributed by atoms with E-state index < -0.39 is 0 Å². The minimum Gasteiger partial charge on any atom is -0.318 e. The fourth-order valence-corrected chi connectivity index (χ4v) is 2.49. The molecule has 0 radical (unpaired) electrons. The van der Waals surface area contributed by atoms with Gasteiger partial charge in [0.15, 0.2) is 0 Å². The number of nitrogens with one attached hydrogen (secondary N) is 1. The van der Waals surface area contributed by atoms with Gasteiger partial charge in [-0.1, -0.05) is 42.5 Å². The molecular weight excluding hydrogens is 244 g/mol. The molecule has 1 aliphatic rings. The van der Waals surface area contributed by atoms with E-state index in [1.807, 2.05) is 7.05 Å². The molecule has 1 fully saturated rings. The lowest BCUT2D eigenvalue weighted by Gasteiger charge is -2.22. The van der Waals surface area contributed by atoms with E-state index in [0.717, 1.165) is 19.1 Å². The highest BCUT2D eigenvalue weighted by atomic mass is 35.5. The predicted octanol–water partition coefficient (Wildman–Crippen LogP) is 2.81. The molecule has 1 unspecified atom stereocenters. The minimum atomic E-state index is 0. The maximum Gasteiger partial charge on any atom is 0.0224 e. The molecule has 3 heteroatoms. The quantitative estimate of drug-likeness (QED) is 0.882. The zero-order valence-corrected chi connectivity index (χ0v) is 11.8. The molecule has 0 saturated carbocycles. The topological polar surface area (TPSA) is 15.3 Å². The number of hydrogen-bond donors (Lipinski definition) is 1. The second-order valence-corrected chi connectivity index (χ2v) is 4.66. The number of halogens is 1. The van der Waals surface area contributed by atoms with Crippen molar-refractivity contribution in [2.24, 2.45) is 0 Å². The average Bonchev–Trinajstić information content (AvgIpc) is 2.79.